The summed E-state index contributed by atoms with van der Waals surface area (Å²) in [7, 11) is 0. The fourth-order valence-corrected chi connectivity index (χ4v) is 1.94. The Hall–Kier alpha value is -1.56. The van der Waals surface area contributed by atoms with Crippen LogP contribution in [0.3, 0.4) is 0 Å². The molecule has 2 rings (SSSR count). The highest BCUT2D eigenvalue weighted by atomic mass is 35.5. The summed E-state index contributed by atoms with van der Waals surface area (Å²) in [6.07, 6.45) is -4.30. The Balaban J connectivity index is 2.65. The molecule has 0 spiro atoms. The second kappa shape index (κ2) is 4.85. The molecule has 7 heteroatoms. The van der Waals surface area contributed by atoms with Gasteiger partial charge in [0, 0.05) is 5.69 Å². The van der Waals surface area contributed by atoms with Crippen molar-refractivity contribution >= 4 is 11.6 Å². The van der Waals surface area contributed by atoms with E-state index in [0.29, 0.717) is 0 Å². The Kier molecular flexibility index (Phi) is 3.54. The van der Waals surface area contributed by atoms with Crippen molar-refractivity contribution in [3.63, 3.8) is 0 Å². The smallest absolute Gasteiger partial charge is 0.233 e. The van der Waals surface area contributed by atoms with Crippen LogP contribution in [-0.4, -0.2) is 9.78 Å². The number of aromatic nitrogens is 2. The summed E-state index contributed by atoms with van der Waals surface area (Å²) in [5.41, 5.74) is -1.00. The first-order chi connectivity index (χ1) is 8.84. The van der Waals surface area contributed by atoms with Crippen LogP contribution in [0.1, 0.15) is 18.3 Å². The summed E-state index contributed by atoms with van der Waals surface area (Å²) in [5, 5.41) is 3.42. The zero-order chi connectivity index (χ0) is 14.2. The van der Waals surface area contributed by atoms with E-state index in [0.717, 1.165) is 16.8 Å². The maximum Gasteiger partial charge on any atom is 0.435 e. The van der Waals surface area contributed by atoms with Crippen molar-refractivity contribution < 1.29 is 17.6 Å². The highest BCUT2D eigenvalue weighted by Crippen LogP contribution is 2.31. The first kappa shape index (κ1) is 13.9. The maximum atomic E-state index is 13.7. The van der Waals surface area contributed by atoms with Crippen molar-refractivity contribution in [1.29, 1.82) is 0 Å². The van der Waals surface area contributed by atoms with Gasteiger partial charge < -0.3 is 0 Å². The van der Waals surface area contributed by atoms with Gasteiger partial charge in [-0.1, -0.05) is 24.6 Å². The Morgan fingerprint density at radius 1 is 1.32 bits per heavy atom. The minimum Gasteiger partial charge on any atom is -0.233 e. The van der Waals surface area contributed by atoms with Gasteiger partial charge in [-0.2, -0.15) is 18.3 Å². The lowest BCUT2D eigenvalue weighted by Gasteiger charge is -2.09. The second-order valence-corrected chi connectivity index (χ2v) is 4.26. The highest BCUT2D eigenvalue weighted by molar-refractivity contribution is 6.32. The van der Waals surface area contributed by atoms with Crippen LogP contribution in [0.25, 0.3) is 5.69 Å². The molecule has 0 aliphatic rings. The Bertz CT molecular complexity index is 584. The third kappa shape index (κ3) is 2.58. The zero-order valence-electron chi connectivity index (χ0n) is 9.80. The van der Waals surface area contributed by atoms with Crippen LogP contribution in [-0.2, 0) is 12.6 Å². The molecule has 0 N–H and O–H groups in total. The molecule has 0 bridgehead atoms. The number of nitrogens with zero attached hydrogens (tertiary/aromatic N) is 2. The van der Waals surface area contributed by atoms with Crippen molar-refractivity contribution in [2.75, 3.05) is 0 Å². The van der Waals surface area contributed by atoms with E-state index in [4.69, 9.17) is 11.6 Å². The van der Waals surface area contributed by atoms with Crippen molar-refractivity contribution in [3.8, 4) is 5.69 Å². The molecule has 2 aromatic rings. The Labute approximate surface area is 111 Å². The standard InChI is InChI=1S/C12H9ClF4N2/c1-2-7-6-10(12(15,16)17)18-19(7)11-8(13)4-3-5-9(11)14/h3-6H,2H2,1H3. The maximum absolute atomic E-state index is 13.7. The van der Waals surface area contributed by atoms with Gasteiger partial charge in [0.05, 0.1) is 5.02 Å². The van der Waals surface area contributed by atoms with E-state index in [2.05, 4.69) is 5.10 Å². The number of hydrogen-bond acceptors (Lipinski definition) is 1. The third-order valence-electron chi connectivity index (χ3n) is 2.59. The molecule has 0 unspecified atom stereocenters. The van der Waals surface area contributed by atoms with Crippen LogP contribution >= 0.6 is 11.6 Å². The molecule has 0 aliphatic carbocycles. The van der Waals surface area contributed by atoms with Gasteiger partial charge in [0.15, 0.2) is 5.69 Å². The number of benzene rings is 1. The Morgan fingerprint density at radius 3 is 2.53 bits per heavy atom. The van der Waals surface area contributed by atoms with Gasteiger partial charge in [0.1, 0.15) is 11.5 Å². The number of aryl methyl sites for hydroxylation is 1. The third-order valence-corrected chi connectivity index (χ3v) is 2.89. The lowest BCUT2D eigenvalue weighted by atomic mass is 10.2. The van der Waals surface area contributed by atoms with Crippen molar-refractivity contribution in [2.24, 2.45) is 0 Å². The number of alkyl halides is 3. The fourth-order valence-electron chi connectivity index (χ4n) is 1.70. The molecule has 0 saturated heterocycles. The topological polar surface area (TPSA) is 17.8 Å². The van der Waals surface area contributed by atoms with Gasteiger partial charge in [-0.3, -0.25) is 0 Å². The van der Waals surface area contributed by atoms with Crippen LogP contribution in [0.2, 0.25) is 5.02 Å². The number of rotatable bonds is 2. The molecule has 1 heterocycles. The molecular formula is C12H9ClF4N2. The van der Waals surface area contributed by atoms with Gasteiger partial charge in [-0.05, 0) is 24.6 Å². The molecule has 0 amide bonds. The molecule has 0 fully saturated rings. The lowest BCUT2D eigenvalue weighted by molar-refractivity contribution is -0.141. The highest BCUT2D eigenvalue weighted by Gasteiger charge is 2.35. The van der Waals surface area contributed by atoms with E-state index < -0.39 is 17.7 Å². The van der Waals surface area contributed by atoms with Gasteiger partial charge in [-0.15, -0.1) is 0 Å². The molecule has 19 heavy (non-hydrogen) atoms. The van der Waals surface area contributed by atoms with E-state index in [1.165, 1.54) is 12.1 Å². The van der Waals surface area contributed by atoms with Crippen LogP contribution in [0, 0.1) is 5.82 Å². The van der Waals surface area contributed by atoms with Crippen LogP contribution in [0.15, 0.2) is 24.3 Å². The number of hydrogen-bond donors (Lipinski definition) is 0. The SMILES string of the molecule is CCc1cc(C(F)(F)F)nn1-c1c(F)cccc1Cl. The Morgan fingerprint density at radius 2 is 2.00 bits per heavy atom. The summed E-state index contributed by atoms with van der Waals surface area (Å²) in [6.45, 7) is 1.66. The number of para-hydroxylation sites is 1. The van der Waals surface area contributed by atoms with E-state index in [1.807, 2.05) is 0 Å². The molecule has 102 valence electrons. The van der Waals surface area contributed by atoms with Crippen LogP contribution < -0.4 is 0 Å². The first-order valence-corrected chi connectivity index (χ1v) is 5.83. The molecule has 0 saturated carbocycles. The van der Waals surface area contributed by atoms with Crippen molar-refractivity contribution in [3.05, 3.63) is 46.5 Å². The quantitative estimate of drug-likeness (QED) is 0.757. The molecule has 1 aromatic carbocycles. The average molecular weight is 293 g/mol. The summed E-state index contributed by atoms with van der Waals surface area (Å²) >= 11 is 5.83. The molecule has 2 nitrogen and oxygen atoms in total. The summed E-state index contributed by atoms with van der Waals surface area (Å²) in [4.78, 5) is 0. The minimum atomic E-state index is -4.58. The summed E-state index contributed by atoms with van der Waals surface area (Å²) in [5.74, 6) is -0.723. The molecule has 1 aromatic heterocycles. The zero-order valence-corrected chi connectivity index (χ0v) is 10.6. The van der Waals surface area contributed by atoms with Crippen LogP contribution in [0.5, 0.6) is 0 Å². The predicted molar refractivity (Wildman–Crippen MR) is 62.9 cm³/mol. The molecule has 0 atom stereocenters. The average Bonchev–Trinajstić information content (AvgIpc) is 2.72. The van der Waals surface area contributed by atoms with E-state index in [1.54, 1.807) is 6.92 Å². The molecular weight excluding hydrogens is 284 g/mol. The van der Waals surface area contributed by atoms with E-state index in [9.17, 15) is 17.6 Å². The molecule has 0 aliphatic heterocycles. The summed E-state index contributed by atoms with van der Waals surface area (Å²) < 4.78 is 52.5. The fraction of sp³-hybridized carbons (Fsp3) is 0.250. The van der Waals surface area contributed by atoms with Gasteiger partial charge in [0.2, 0.25) is 0 Å². The van der Waals surface area contributed by atoms with Gasteiger partial charge >= 0.3 is 6.18 Å². The minimum absolute atomic E-state index is 0.00604. The van der Waals surface area contributed by atoms with Crippen molar-refractivity contribution in [1.82, 2.24) is 9.78 Å². The van der Waals surface area contributed by atoms with Crippen molar-refractivity contribution in [2.45, 2.75) is 19.5 Å². The largest absolute Gasteiger partial charge is 0.435 e. The van der Waals surface area contributed by atoms with Crippen LogP contribution in [0.4, 0.5) is 17.6 Å². The predicted octanol–water partition coefficient (Wildman–Crippen LogP) is 4.25. The van der Waals surface area contributed by atoms with E-state index >= 15 is 0 Å². The monoisotopic (exact) mass is 292 g/mol. The van der Waals surface area contributed by atoms with Gasteiger partial charge in [-0.25, -0.2) is 9.07 Å². The normalized spacial score (nSPS) is 11.9. The van der Waals surface area contributed by atoms with E-state index in [-0.39, 0.29) is 22.8 Å². The molecule has 0 radical (unpaired) electrons. The number of halogens is 5. The summed E-state index contributed by atoms with van der Waals surface area (Å²) in [6, 6.07) is 4.79. The second-order valence-electron chi connectivity index (χ2n) is 3.85. The first-order valence-electron chi connectivity index (χ1n) is 5.45. The lowest BCUT2D eigenvalue weighted by Crippen LogP contribution is -2.09. The van der Waals surface area contributed by atoms with Gasteiger partial charge in [0.25, 0.3) is 0 Å².